The van der Waals surface area contributed by atoms with Crippen LogP contribution in [0.1, 0.15) is 33.6 Å². The summed E-state index contributed by atoms with van der Waals surface area (Å²) < 4.78 is 5.30. The summed E-state index contributed by atoms with van der Waals surface area (Å²) in [5.74, 6) is 0.119. The number of ketones is 1. The molecule has 1 rings (SSSR count). The van der Waals surface area contributed by atoms with Crippen LogP contribution in [0.2, 0.25) is 0 Å². The largest absolute Gasteiger partial charge is 0.444 e. The van der Waals surface area contributed by atoms with Gasteiger partial charge in [0, 0.05) is 19.0 Å². The van der Waals surface area contributed by atoms with E-state index >= 15 is 0 Å². The lowest BCUT2D eigenvalue weighted by molar-refractivity contribution is -0.121. The van der Waals surface area contributed by atoms with Crippen LogP contribution in [0.4, 0.5) is 4.79 Å². The van der Waals surface area contributed by atoms with Crippen LogP contribution in [0.15, 0.2) is 0 Å². The molecule has 1 aliphatic heterocycles. The third kappa shape index (κ3) is 4.66. The second kappa shape index (κ2) is 5.85. The topological polar surface area (TPSA) is 46.6 Å². The maximum absolute atomic E-state index is 11.9. The first kappa shape index (κ1) is 14.5. The van der Waals surface area contributed by atoms with Gasteiger partial charge in [0.2, 0.25) is 0 Å². The molecule has 1 aliphatic rings. The molecule has 0 aromatic heterocycles. The lowest BCUT2D eigenvalue weighted by atomic mass is 9.95. The molecule has 1 saturated heterocycles. The molecule has 0 radical (unpaired) electrons. The van der Waals surface area contributed by atoms with Crippen LogP contribution in [0.5, 0.6) is 0 Å². The summed E-state index contributed by atoms with van der Waals surface area (Å²) in [5.41, 5.74) is -0.483. The van der Waals surface area contributed by atoms with Crippen LogP contribution in [-0.4, -0.2) is 40.8 Å². The third-order valence-corrected chi connectivity index (χ3v) is 3.21. The fraction of sp³-hybridized carbons (Fsp3) is 0.833. The van der Waals surface area contributed by atoms with Crippen LogP contribution >= 0.6 is 15.9 Å². The maximum Gasteiger partial charge on any atom is 0.410 e. The minimum atomic E-state index is -0.483. The van der Waals surface area contributed by atoms with E-state index in [0.29, 0.717) is 18.4 Å². The van der Waals surface area contributed by atoms with Crippen molar-refractivity contribution in [2.24, 2.45) is 5.92 Å². The van der Waals surface area contributed by atoms with E-state index in [1.54, 1.807) is 4.90 Å². The lowest BCUT2D eigenvalue weighted by Crippen LogP contribution is -2.44. The number of rotatable bonds is 2. The quantitative estimate of drug-likeness (QED) is 0.737. The molecule has 0 saturated carbocycles. The van der Waals surface area contributed by atoms with Crippen LogP contribution in [0, 0.1) is 5.92 Å². The number of likely N-dealkylation sites (tertiary alicyclic amines) is 1. The highest BCUT2D eigenvalue weighted by atomic mass is 79.9. The van der Waals surface area contributed by atoms with Gasteiger partial charge in [0.15, 0.2) is 0 Å². The van der Waals surface area contributed by atoms with E-state index < -0.39 is 5.60 Å². The van der Waals surface area contributed by atoms with Gasteiger partial charge in [0.25, 0.3) is 0 Å². The Morgan fingerprint density at radius 1 is 1.41 bits per heavy atom. The summed E-state index contributed by atoms with van der Waals surface area (Å²) in [6, 6.07) is 0. The molecule has 1 amide bonds. The van der Waals surface area contributed by atoms with Gasteiger partial charge in [0.05, 0.1) is 5.33 Å². The summed E-state index contributed by atoms with van der Waals surface area (Å²) in [7, 11) is 0. The zero-order valence-electron chi connectivity index (χ0n) is 10.7. The monoisotopic (exact) mass is 305 g/mol. The molecule has 1 fully saturated rings. The molecule has 1 unspecified atom stereocenters. The Morgan fingerprint density at radius 3 is 2.59 bits per heavy atom. The van der Waals surface area contributed by atoms with E-state index in [1.807, 2.05) is 20.8 Å². The first-order valence-electron chi connectivity index (χ1n) is 5.90. The fourth-order valence-electron chi connectivity index (χ4n) is 1.84. The van der Waals surface area contributed by atoms with Crippen molar-refractivity contribution in [3.05, 3.63) is 0 Å². The summed E-state index contributed by atoms with van der Waals surface area (Å²) in [6.07, 6.45) is 1.41. The Bertz CT molecular complexity index is 299. The summed E-state index contributed by atoms with van der Waals surface area (Å²) in [6.45, 7) is 6.70. The second-order valence-corrected chi connectivity index (χ2v) is 5.93. The first-order valence-corrected chi connectivity index (χ1v) is 7.02. The number of Topliss-reactive ketones (excluding diaryl/α,β-unsaturated/α-hetero) is 1. The van der Waals surface area contributed by atoms with Gasteiger partial charge in [-0.2, -0.15) is 0 Å². The molecule has 1 heterocycles. The van der Waals surface area contributed by atoms with E-state index in [1.165, 1.54) is 0 Å². The second-order valence-electron chi connectivity index (χ2n) is 5.37. The van der Waals surface area contributed by atoms with E-state index in [9.17, 15) is 9.59 Å². The SMILES string of the molecule is CC(C)(C)OC(=O)N1CCCC(C(=O)CBr)C1. The number of hydrogen-bond acceptors (Lipinski definition) is 3. The van der Waals surface area contributed by atoms with Gasteiger partial charge in [-0.25, -0.2) is 4.79 Å². The predicted molar refractivity (Wildman–Crippen MR) is 69.3 cm³/mol. The zero-order chi connectivity index (χ0) is 13.1. The summed E-state index contributed by atoms with van der Waals surface area (Å²) in [4.78, 5) is 25.1. The Hall–Kier alpha value is -0.580. The van der Waals surface area contributed by atoms with Gasteiger partial charge in [-0.15, -0.1) is 0 Å². The molecule has 1 atom stereocenters. The number of ether oxygens (including phenoxy) is 1. The lowest BCUT2D eigenvalue weighted by Gasteiger charge is -2.33. The van der Waals surface area contributed by atoms with Crippen molar-refractivity contribution >= 4 is 27.8 Å². The van der Waals surface area contributed by atoms with Gasteiger partial charge in [-0.05, 0) is 33.6 Å². The zero-order valence-corrected chi connectivity index (χ0v) is 12.2. The van der Waals surface area contributed by atoms with Crippen molar-refractivity contribution in [1.29, 1.82) is 0 Å². The molecule has 4 nitrogen and oxygen atoms in total. The molecule has 0 bridgehead atoms. The van der Waals surface area contributed by atoms with Crippen molar-refractivity contribution in [2.45, 2.75) is 39.2 Å². The molecule has 5 heteroatoms. The van der Waals surface area contributed by atoms with Gasteiger partial charge < -0.3 is 9.64 Å². The third-order valence-electron chi connectivity index (χ3n) is 2.66. The van der Waals surface area contributed by atoms with E-state index in [4.69, 9.17) is 4.74 Å². The Morgan fingerprint density at radius 2 is 2.06 bits per heavy atom. The Balaban J connectivity index is 2.55. The number of carbonyl (C=O) groups excluding carboxylic acids is 2. The van der Waals surface area contributed by atoms with Crippen LogP contribution in [-0.2, 0) is 9.53 Å². The number of amides is 1. The van der Waals surface area contributed by atoms with Gasteiger partial charge in [0.1, 0.15) is 11.4 Å². The molecule has 0 aromatic rings. The minimum Gasteiger partial charge on any atom is -0.444 e. The Kier molecular flexibility index (Phi) is 4.98. The smallest absolute Gasteiger partial charge is 0.410 e. The average molecular weight is 306 g/mol. The van der Waals surface area contributed by atoms with Crippen molar-refractivity contribution < 1.29 is 14.3 Å². The maximum atomic E-state index is 11.9. The highest BCUT2D eigenvalue weighted by Crippen LogP contribution is 2.20. The number of hydrogen-bond donors (Lipinski definition) is 0. The first-order chi connectivity index (χ1) is 7.83. The predicted octanol–water partition coefficient (Wildman–Crippen LogP) is 2.60. The number of piperidine rings is 1. The molecule has 0 N–H and O–H groups in total. The van der Waals surface area contributed by atoms with E-state index in [-0.39, 0.29) is 17.8 Å². The number of alkyl halides is 1. The van der Waals surface area contributed by atoms with E-state index in [2.05, 4.69) is 15.9 Å². The van der Waals surface area contributed by atoms with Crippen molar-refractivity contribution in [3.63, 3.8) is 0 Å². The summed E-state index contributed by atoms with van der Waals surface area (Å²) >= 11 is 3.17. The van der Waals surface area contributed by atoms with Crippen molar-refractivity contribution in [3.8, 4) is 0 Å². The molecule has 0 aromatic carbocycles. The number of nitrogens with zero attached hydrogens (tertiary/aromatic N) is 1. The van der Waals surface area contributed by atoms with Crippen molar-refractivity contribution in [2.75, 3.05) is 18.4 Å². The van der Waals surface area contributed by atoms with Crippen LogP contribution < -0.4 is 0 Å². The highest BCUT2D eigenvalue weighted by molar-refractivity contribution is 9.09. The molecular formula is C12H20BrNO3. The average Bonchev–Trinajstić information content (AvgIpc) is 2.26. The fourth-order valence-corrected chi connectivity index (χ4v) is 2.30. The standard InChI is InChI=1S/C12H20BrNO3/c1-12(2,3)17-11(16)14-6-4-5-9(8-14)10(15)7-13/h9H,4-8H2,1-3H3. The van der Waals surface area contributed by atoms with Gasteiger partial charge in [-0.3, -0.25) is 4.79 Å². The summed E-state index contributed by atoms with van der Waals surface area (Å²) in [5, 5.41) is 0.361. The normalized spacial score (nSPS) is 21.2. The highest BCUT2D eigenvalue weighted by Gasteiger charge is 2.30. The molecule has 0 spiro atoms. The number of halogens is 1. The molecular weight excluding hydrogens is 286 g/mol. The van der Waals surface area contributed by atoms with Crippen molar-refractivity contribution in [1.82, 2.24) is 4.90 Å². The molecule has 0 aliphatic carbocycles. The van der Waals surface area contributed by atoms with Crippen LogP contribution in [0.3, 0.4) is 0 Å². The minimum absolute atomic E-state index is 0.0457. The van der Waals surface area contributed by atoms with Crippen LogP contribution in [0.25, 0.3) is 0 Å². The molecule has 98 valence electrons. The Labute approximate surface area is 111 Å². The van der Waals surface area contributed by atoms with Gasteiger partial charge >= 0.3 is 6.09 Å². The molecule has 17 heavy (non-hydrogen) atoms. The number of carbonyl (C=O) groups is 2. The van der Waals surface area contributed by atoms with E-state index in [0.717, 1.165) is 12.8 Å². The van der Waals surface area contributed by atoms with Gasteiger partial charge in [-0.1, -0.05) is 15.9 Å².